The monoisotopic (exact) mass is 227 g/mol. The highest BCUT2D eigenvalue weighted by atomic mass is 16.4. The molecule has 0 aliphatic heterocycles. The van der Waals surface area contributed by atoms with Crippen molar-refractivity contribution in [3.63, 3.8) is 0 Å². The van der Waals surface area contributed by atoms with Gasteiger partial charge in [-0.1, -0.05) is 6.07 Å². The quantitative estimate of drug-likeness (QED) is 0.857. The van der Waals surface area contributed by atoms with E-state index < -0.39 is 5.97 Å². The topological polar surface area (TPSA) is 50.2 Å². The fourth-order valence-corrected chi connectivity index (χ4v) is 1.79. The van der Waals surface area contributed by atoms with E-state index >= 15 is 0 Å². The highest BCUT2D eigenvalue weighted by Gasteiger charge is 2.07. The summed E-state index contributed by atoms with van der Waals surface area (Å²) in [6.45, 7) is 3.85. The number of carboxylic acids is 1. The van der Waals surface area contributed by atoms with Crippen molar-refractivity contribution in [1.29, 1.82) is 0 Å². The maximum Gasteiger partial charge on any atom is 0.335 e. The van der Waals surface area contributed by atoms with Crippen LogP contribution in [0, 0.1) is 13.8 Å². The van der Waals surface area contributed by atoms with Crippen LogP contribution < -0.4 is 0 Å². The van der Waals surface area contributed by atoms with Gasteiger partial charge in [0.25, 0.3) is 0 Å². The summed E-state index contributed by atoms with van der Waals surface area (Å²) in [5, 5.41) is 9.02. The van der Waals surface area contributed by atoms with Crippen LogP contribution in [0.15, 0.2) is 36.7 Å². The van der Waals surface area contributed by atoms with Crippen LogP contribution in [0.5, 0.6) is 0 Å². The van der Waals surface area contributed by atoms with Crippen molar-refractivity contribution in [2.24, 2.45) is 0 Å². The molecule has 0 aliphatic rings. The molecule has 17 heavy (non-hydrogen) atoms. The minimum atomic E-state index is -0.907. The standard InChI is InChI=1S/C14H13NO2/c1-9-3-11(6-12(4-9)14(16)17)13-5-10(2)7-15-8-13/h3-8H,1-2H3,(H,16,17). The lowest BCUT2D eigenvalue weighted by Crippen LogP contribution is -1.97. The van der Waals surface area contributed by atoms with Crippen LogP contribution in [-0.4, -0.2) is 16.1 Å². The molecule has 0 saturated carbocycles. The second-order valence-corrected chi connectivity index (χ2v) is 4.14. The molecular formula is C14H13NO2. The first-order valence-corrected chi connectivity index (χ1v) is 5.33. The normalized spacial score (nSPS) is 10.2. The van der Waals surface area contributed by atoms with E-state index in [1.807, 2.05) is 26.0 Å². The van der Waals surface area contributed by atoms with Crippen molar-refractivity contribution in [2.75, 3.05) is 0 Å². The average Bonchev–Trinajstić information content (AvgIpc) is 2.28. The summed E-state index contributed by atoms with van der Waals surface area (Å²) in [7, 11) is 0. The van der Waals surface area contributed by atoms with E-state index in [9.17, 15) is 4.79 Å². The number of benzene rings is 1. The zero-order chi connectivity index (χ0) is 12.4. The Morgan fingerprint density at radius 3 is 2.35 bits per heavy atom. The third-order valence-electron chi connectivity index (χ3n) is 2.53. The Hall–Kier alpha value is -2.16. The molecule has 0 radical (unpaired) electrons. The van der Waals surface area contributed by atoms with Gasteiger partial charge < -0.3 is 5.11 Å². The number of hydrogen-bond donors (Lipinski definition) is 1. The van der Waals surface area contributed by atoms with Gasteiger partial charge in [0, 0.05) is 18.0 Å². The average molecular weight is 227 g/mol. The van der Waals surface area contributed by atoms with Crippen LogP contribution in [0.3, 0.4) is 0 Å². The maximum absolute atomic E-state index is 11.0. The summed E-state index contributed by atoms with van der Waals surface area (Å²) in [5.74, 6) is -0.907. The predicted molar refractivity (Wildman–Crippen MR) is 66.1 cm³/mol. The van der Waals surface area contributed by atoms with Crippen molar-refractivity contribution in [3.05, 3.63) is 53.3 Å². The zero-order valence-corrected chi connectivity index (χ0v) is 9.77. The van der Waals surface area contributed by atoms with Crippen LogP contribution >= 0.6 is 0 Å². The van der Waals surface area contributed by atoms with E-state index in [2.05, 4.69) is 4.98 Å². The highest BCUT2D eigenvalue weighted by molar-refractivity contribution is 5.89. The fraction of sp³-hybridized carbons (Fsp3) is 0.143. The van der Waals surface area contributed by atoms with Gasteiger partial charge in [-0.25, -0.2) is 4.79 Å². The fourth-order valence-electron chi connectivity index (χ4n) is 1.79. The number of aromatic carboxylic acids is 1. The van der Waals surface area contributed by atoms with E-state index in [4.69, 9.17) is 5.11 Å². The van der Waals surface area contributed by atoms with E-state index in [1.165, 1.54) is 0 Å². The molecule has 0 saturated heterocycles. The lowest BCUT2D eigenvalue weighted by molar-refractivity contribution is 0.0697. The van der Waals surface area contributed by atoms with E-state index in [0.29, 0.717) is 5.56 Å². The molecule has 1 aromatic carbocycles. The van der Waals surface area contributed by atoms with Gasteiger partial charge in [0.15, 0.2) is 0 Å². The Morgan fingerprint density at radius 1 is 1.00 bits per heavy atom. The van der Waals surface area contributed by atoms with Gasteiger partial charge in [0.1, 0.15) is 0 Å². The minimum Gasteiger partial charge on any atom is -0.478 e. The lowest BCUT2D eigenvalue weighted by Gasteiger charge is -2.05. The molecule has 0 spiro atoms. The first kappa shape index (κ1) is 11.3. The molecule has 0 amide bonds. The van der Waals surface area contributed by atoms with Gasteiger partial charge in [0.2, 0.25) is 0 Å². The number of carboxylic acid groups (broad SMARTS) is 1. The van der Waals surface area contributed by atoms with Gasteiger partial charge in [-0.15, -0.1) is 0 Å². The van der Waals surface area contributed by atoms with E-state index in [1.54, 1.807) is 24.5 Å². The predicted octanol–water partition coefficient (Wildman–Crippen LogP) is 3.06. The summed E-state index contributed by atoms with van der Waals surface area (Å²) in [6, 6.07) is 7.29. The number of rotatable bonds is 2. The molecule has 0 unspecified atom stereocenters. The molecule has 3 heteroatoms. The number of aryl methyl sites for hydroxylation is 2. The van der Waals surface area contributed by atoms with E-state index in [-0.39, 0.29) is 0 Å². The molecule has 0 fully saturated rings. The molecule has 0 atom stereocenters. The molecule has 1 aromatic heterocycles. The molecule has 2 aromatic rings. The zero-order valence-electron chi connectivity index (χ0n) is 9.77. The second-order valence-electron chi connectivity index (χ2n) is 4.14. The third-order valence-corrected chi connectivity index (χ3v) is 2.53. The van der Waals surface area contributed by atoms with Crippen molar-refractivity contribution in [3.8, 4) is 11.1 Å². The summed E-state index contributed by atoms with van der Waals surface area (Å²) in [4.78, 5) is 15.1. The molecule has 1 heterocycles. The van der Waals surface area contributed by atoms with Crippen molar-refractivity contribution in [1.82, 2.24) is 4.98 Å². The highest BCUT2D eigenvalue weighted by Crippen LogP contribution is 2.22. The Morgan fingerprint density at radius 2 is 1.71 bits per heavy atom. The van der Waals surface area contributed by atoms with Gasteiger partial charge in [-0.3, -0.25) is 4.98 Å². The number of nitrogens with zero attached hydrogens (tertiary/aromatic N) is 1. The first-order valence-electron chi connectivity index (χ1n) is 5.33. The van der Waals surface area contributed by atoms with Crippen LogP contribution in [-0.2, 0) is 0 Å². The Labute approximate surface area is 99.8 Å². The van der Waals surface area contributed by atoms with Crippen LogP contribution in [0.4, 0.5) is 0 Å². The molecule has 3 nitrogen and oxygen atoms in total. The lowest BCUT2D eigenvalue weighted by atomic mass is 10.0. The minimum absolute atomic E-state index is 0.307. The smallest absolute Gasteiger partial charge is 0.335 e. The third kappa shape index (κ3) is 2.50. The summed E-state index contributed by atoms with van der Waals surface area (Å²) >= 11 is 0. The Kier molecular flexibility index (Phi) is 2.91. The van der Waals surface area contributed by atoms with Crippen molar-refractivity contribution in [2.45, 2.75) is 13.8 Å². The van der Waals surface area contributed by atoms with Crippen molar-refractivity contribution < 1.29 is 9.90 Å². The Balaban J connectivity index is 2.56. The molecule has 2 rings (SSSR count). The molecule has 1 N–H and O–H groups in total. The number of carbonyl (C=O) groups is 1. The largest absolute Gasteiger partial charge is 0.478 e. The molecule has 86 valence electrons. The summed E-state index contributed by atoms with van der Waals surface area (Å²) in [6.07, 6.45) is 3.52. The van der Waals surface area contributed by atoms with Crippen molar-refractivity contribution >= 4 is 5.97 Å². The van der Waals surface area contributed by atoms with Gasteiger partial charge in [-0.05, 0) is 48.7 Å². The first-order chi connectivity index (χ1) is 8.06. The summed E-state index contributed by atoms with van der Waals surface area (Å²) in [5.41, 5.74) is 4.12. The van der Waals surface area contributed by atoms with Gasteiger partial charge >= 0.3 is 5.97 Å². The molecular weight excluding hydrogens is 214 g/mol. The number of hydrogen-bond acceptors (Lipinski definition) is 2. The van der Waals surface area contributed by atoms with E-state index in [0.717, 1.165) is 22.3 Å². The van der Waals surface area contributed by atoms with Gasteiger partial charge in [-0.2, -0.15) is 0 Å². The molecule has 0 bridgehead atoms. The number of pyridine rings is 1. The van der Waals surface area contributed by atoms with Crippen LogP contribution in [0.1, 0.15) is 21.5 Å². The molecule has 0 aliphatic carbocycles. The van der Waals surface area contributed by atoms with Crippen LogP contribution in [0.2, 0.25) is 0 Å². The Bertz CT molecular complexity index is 576. The van der Waals surface area contributed by atoms with Crippen LogP contribution in [0.25, 0.3) is 11.1 Å². The van der Waals surface area contributed by atoms with Gasteiger partial charge in [0.05, 0.1) is 5.56 Å². The second kappa shape index (κ2) is 4.37. The maximum atomic E-state index is 11.0. The number of aromatic nitrogens is 1. The summed E-state index contributed by atoms with van der Waals surface area (Å²) < 4.78 is 0. The SMILES string of the molecule is Cc1cncc(-c2cc(C)cc(C(=O)O)c2)c1.